The Balaban J connectivity index is 1.97. The van der Waals surface area contributed by atoms with E-state index in [1.54, 1.807) is 14.2 Å². The van der Waals surface area contributed by atoms with Gasteiger partial charge in [-0.05, 0) is 58.2 Å². The number of ether oxygens (including phenoxy) is 2. The lowest BCUT2D eigenvalue weighted by Crippen LogP contribution is -2.26. The highest BCUT2D eigenvalue weighted by Gasteiger charge is 2.11. The molecule has 1 amide bonds. The lowest BCUT2D eigenvalue weighted by atomic mass is 10.1. The second kappa shape index (κ2) is 7.97. The molecule has 0 aliphatic rings. The van der Waals surface area contributed by atoms with Crippen LogP contribution in [0.1, 0.15) is 15.9 Å². The van der Waals surface area contributed by atoms with Gasteiger partial charge in [0.05, 0.1) is 19.8 Å². The largest absolute Gasteiger partial charge is 0.493 e. The number of amides is 1. The predicted molar refractivity (Wildman–Crippen MR) is 89.7 cm³/mol. The second-order valence-electron chi connectivity index (χ2n) is 4.82. The van der Waals surface area contributed by atoms with Crippen molar-refractivity contribution in [3.05, 3.63) is 57.8 Å². The summed E-state index contributed by atoms with van der Waals surface area (Å²) in [6.45, 7) is 0.428. The summed E-state index contributed by atoms with van der Waals surface area (Å²) in [6.07, 6.45) is 0.624. The lowest BCUT2D eigenvalue weighted by molar-refractivity contribution is 0.0953. The fourth-order valence-electron chi connectivity index (χ4n) is 2.12. The summed E-state index contributed by atoms with van der Waals surface area (Å²) in [7, 11) is 3.15. The first-order valence-electron chi connectivity index (χ1n) is 6.99. The van der Waals surface area contributed by atoms with Crippen LogP contribution in [0.5, 0.6) is 11.5 Å². The van der Waals surface area contributed by atoms with Crippen molar-refractivity contribution in [3.63, 3.8) is 0 Å². The molecule has 2 aromatic rings. The van der Waals surface area contributed by atoms with Gasteiger partial charge in [-0.1, -0.05) is 6.07 Å². The molecular weight excluding hydrogens is 365 g/mol. The van der Waals surface area contributed by atoms with E-state index in [2.05, 4.69) is 21.2 Å². The van der Waals surface area contributed by atoms with Crippen molar-refractivity contribution >= 4 is 21.8 Å². The van der Waals surface area contributed by atoms with Gasteiger partial charge in [0.15, 0.2) is 11.5 Å². The number of halogens is 2. The minimum Gasteiger partial charge on any atom is -0.493 e. The van der Waals surface area contributed by atoms with Gasteiger partial charge in [0.2, 0.25) is 0 Å². The van der Waals surface area contributed by atoms with Crippen molar-refractivity contribution in [1.29, 1.82) is 0 Å². The third-order valence-corrected chi connectivity index (χ3v) is 4.01. The molecule has 0 aromatic heterocycles. The summed E-state index contributed by atoms with van der Waals surface area (Å²) in [5.74, 6) is 0.531. The van der Waals surface area contributed by atoms with Gasteiger partial charge < -0.3 is 14.8 Å². The zero-order chi connectivity index (χ0) is 16.8. The molecule has 0 bridgehead atoms. The average Bonchev–Trinajstić information content (AvgIpc) is 2.56. The molecule has 6 heteroatoms. The van der Waals surface area contributed by atoms with Crippen LogP contribution in [-0.4, -0.2) is 26.7 Å². The van der Waals surface area contributed by atoms with Crippen LogP contribution in [0, 0.1) is 5.82 Å². The minimum absolute atomic E-state index is 0.275. The first-order chi connectivity index (χ1) is 11.0. The normalized spacial score (nSPS) is 10.3. The number of benzene rings is 2. The fraction of sp³-hybridized carbons (Fsp3) is 0.235. The Kier molecular flexibility index (Phi) is 5.98. The molecule has 0 atom stereocenters. The summed E-state index contributed by atoms with van der Waals surface area (Å²) in [5.41, 5.74) is 1.28. The van der Waals surface area contributed by atoms with Gasteiger partial charge in [-0.25, -0.2) is 4.39 Å². The van der Waals surface area contributed by atoms with Crippen LogP contribution >= 0.6 is 15.9 Å². The third-order valence-electron chi connectivity index (χ3n) is 3.32. The maximum atomic E-state index is 13.2. The smallest absolute Gasteiger partial charge is 0.252 e. The van der Waals surface area contributed by atoms with E-state index in [0.29, 0.717) is 28.9 Å². The number of carbonyl (C=O) groups is 1. The number of carbonyl (C=O) groups excluding carboxylic acids is 1. The van der Waals surface area contributed by atoms with Crippen LogP contribution in [0.25, 0.3) is 0 Å². The molecular formula is C17H17BrFNO3. The van der Waals surface area contributed by atoms with Crippen LogP contribution in [0.4, 0.5) is 4.39 Å². The van der Waals surface area contributed by atoms with Gasteiger partial charge in [-0.15, -0.1) is 0 Å². The summed E-state index contributed by atoms with van der Waals surface area (Å²) in [4.78, 5) is 12.1. The minimum atomic E-state index is -0.446. The first-order valence-corrected chi connectivity index (χ1v) is 7.78. The Morgan fingerprint density at radius 3 is 2.57 bits per heavy atom. The first kappa shape index (κ1) is 17.3. The summed E-state index contributed by atoms with van der Waals surface area (Å²) in [5, 5.41) is 2.77. The van der Waals surface area contributed by atoms with Crippen LogP contribution < -0.4 is 14.8 Å². The molecule has 0 spiro atoms. The molecule has 122 valence electrons. The van der Waals surface area contributed by atoms with Gasteiger partial charge in [-0.3, -0.25) is 4.79 Å². The maximum absolute atomic E-state index is 13.2. The summed E-state index contributed by atoms with van der Waals surface area (Å²) >= 11 is 3.24. The average molecular weight is 382 g/mol. The van der Waals surface area contributed by atoms with Crippen molar-refractivity contribution in [1.82, 2.24) is 5.32 Å². The zero-order valence-electron chi connectivity index (χ0n) is 12.9. The lowest BCUT2D eigenvalue weighted by Gasteiger charge is -2.10. The monoisotopic (exact) mass is 381 g/mol. The number of rotatable bonds is 6. The maximum Gasteiger partial charge on any atom is 0.252 e. The van der Waals surface area contributed by atoms with Crippen molar-refractivity contribution in [2.75, 3.05) is 20.8 Å². The summed E-state index contributed by atoms with van der Waals surface area (Å²) < 4.78 is 24.2. The van der Waals surface area contributed by atoms with E-state index < -0.39 is 5.82 Å². The Hall–Kier alpha value is -2.08. The molecule has 2 aromatic carbocycles. The third kappa shape index (κ3) is 4.45. The van der Waals surface area contributed by atoms with E-state index in [-0.39, 0.29) is 11.5 Å². The van der Waals surface area contributed by atoms with Crippen molar-refractivity contribution in [2.24, 2.45) is 0 Å². The Labute approximate surface area is 142 Å². The number of methoxy groups -OCH3 is 2. The molecule has 0 heterocycles. The highest BCUT2D eigenvalue weighted by Crippen LogP contribution is 2.27. The topological polar surface area (TPSA) is 47.6 Å². The van der Waals surface area contributed by atoms with Crippen LogP contribution in [-0.2, 0) is 6.42 Å². The molecule has 0 aliphatic carbocycles. The molecule has 0 unspecified atom stereocenters. The van der Waals surface area contributed by atoms with E-state index in [1.165, 1.54) is 18.2 Å². The Morgan fingerprint density at radius 2 is 1.87 bits per heavy atom. The van der Waals surface area contributed by atoms with Gasteiger partial charge in [0, 0.05) is 11.0 Å². The molecule has 0 saturated heterocycles. The predicted octanol–water partition coefficient (Wildman–Crippen LogP) is 3.58. The van der Waals surface area contributed by atoms with Gasteiger partial charge in [0.1, 0.15) is 5.82 Å². The van der Waals surface area contributed by atoms with Crippen LogP contribution in [0.3, 0.4) is 0 Å². The number of hydrogen-bond acceptors (Lipinski definition) is 3. The van der Waals surface area contributed by atoms with Gasteiger partial charge >= 0.3 is 0 Å². The molecule has 23 heavy (non-hydrogen) atoms. The standard InChI is InChI=1S/C17H17BrFNO3/c1-22-15-6-3-11(9-16(15)23-2)7-8-20-17(21)13-10-12(19)4-5-14(13)18/h3-6,9-10H,7-8H2,1-2H3,(H,20,21). The SMILES string of the molecule is COc1ccc(CCNC(=O)c2cc(F)ccc2Br)cc1OC. The van der Waals surface area contributed by atoms with E-state index in [1.807, 2.05) is 18.2 Å². The number of nitrogens with one attached hydrogen (secondary N) is 1. The highest BCUT2D eigenvalue weighted by molar-refractivity contribution is 9.10. The second-order valence-corrected chi connectivity index (χ2v) is 5.67. The van der Waals surface area contributed by atoms with E-state index in [4.69, 9.17) is 9.47 Å². The van der Waals surface area contributed by atoms with Gasteiger partial charge in [-0.2, -0.15) is 0 Å². The van der Waals surface area contributed by atoms with Crippen LogP contribution in [0.15, 0.2) is 40.9 Å². The molecule has 1 N–H and O–H groups in total. The van der Waals surface area contributed by atoms with E-state index >= 15 is 0 Å². The quantitative estimate of drug-likeness (QED) is 0.831. The molecule has 4 nitrogen and oxygen atoms in total. The van der Waals surface area contributed by atoms with E-state index in [9.17, 15) is 9.18 Å². The summed E-state index contributed by atoms with van der Waals surface area (Å²) in [6, 6.07) is 9.60. The molecule has 0 saturated carbocycles. The van der Waals surface area contributed by atoms with Crippen molar-refractivity contribution < 1.29 is 18.7 Å². The van der Waals surface area contributed by atoms with E-state index in [0.717, 1.165) is 5.56 Å². The van der Waals surface area contributed by atoms with Crippen molar-refractivity contribution in [3.8, 4) is 11.5 Å². The highest BCUT2D eigenvalue weighted by atomic mass is 79.9. The van der Waals surface area contributed by atoms with Crippen LogP contribution in [0.2, 0.25) is 0 Å². The Bertz CT molecular complexity index is 706. The molecule has 0 aliphatic heterocycles. The number of hydrogen-bond donors (Lipinski definition) is 1. The Morgan fingerprint density at radius 1 is 1.13 bits per heavy atom. The molecule has 0 radical (unpaired) electrons. The van der Waals surface area contributed by atoms with Crippen molar-refractivity contribution in [2.45, 2.75) is 6.42 Å². The zero-order valence-corrected chi connectivity index (χ0v) is 14.4. The molecule has 0 fully saturated rings. The molecule has 2 rings (SSSR count). The van der Waals surface area contributed by atoms with Gasteiger partial charge in [0.25, 0.3) is 5.91 Å². The fourth-order valence-corrected chi connectivity index (χ4v) is 2.55.